The summed E-state index contributed by atoms with van der Waals surface area (Å²) in [5.74, 6) is -6.34. The first-order valence-electron chi connectivity index (χ1n) is 13.3. The van der Waals surface area contributed by atoms with Gasteiger partial charge >= 0.3 is 11.9 Å². The van der Waals surface area contributed by atoms with Crippen molar-refractivity contribution in [1.29, 1.82) is 0 Å². The van der Waals surface area contributed by atoms with Crippen molar-refractivity contribution < 1.29 is 39.2 Å². The molecule has 0 saturated carbocycles. The van der Waals surface area contributed by atoms with Crippen LogP contribution in [0.4, 0.5) is 0 Å². The Hall–Kier alpha value is -2.90. The summed E-state index contributed by atoms with van der Waals surface area (Å²) in [6.07, 6.45) is 9.22. The van der Waals surface area contributed by atoms with E-state index in [-0.39, 0.29) is 19.3 Å². The number of carbonyl (C=O) groups is 4. The van der Waals surface area contributed by atoms with Crippen molar-refractivity contribution in [1.82, 2.24) is 0 Å². The maximum atomic E-state index is 13.2. The summed E-state index contributed by atoms with van der Waals surface area (Å²) in [6.45, 7) is 6.05. The molecule has 0 heterocycles. The van der Waals surface area contributed by atoms with Crippen LogP contribution in [0.15, 0.2) is 0 Å². The van der Waals surface area contributed by atoms with Crippen LogP contribution in [0.2, 0.25) is 0 Å². The van der Waals surface area contributed by atoms with Crippen LogP contribution in [0, 0.1) is 0 Å². The van der Waals surface area contributed by atoms with Crippen molar-refractivity contribution in [3.05, 3.63) is 16.7 Å². The fourth-order valence-corrected chi connectivity index (χ4v) is 4.09. The minimum absolute atomic E-state index is 0.00481. The molecule has 3 N–H and O–H groups in total. The molecule has 0 unspecified atom stereocenters. The van der Waals surface area contributed by atoms with Gasteiger partial charge in [-0.15, -0.1) is 0 Å². The van der Waals surface area contributed by atoms with Crippen molar-refractivity contribution in [2.45, 2.75) is 117 Å². The van der Waals surface area contributed by atoms with Crippen LogP contribution in [0.5, 0.6) is 17.2 Å². The standard InChI is InChI=1S/C28H42O8/c1-4-7-10-13-16-19(29)22-24(28(34)35)23(20(30)17-14-11-8-5-2)27(26(33)25(22)32)36-21(31)18-15-12-9-6-3/h32-33H,4-18H2,1-3H3,(H,34,35). The summed E-state index contributed by atoms with van der Waals surface area (Å²) < 4.78 is 5.28. The van der Waals surface area contributed by atoms with Gasteiger partial charge in [0.15, 0.2) is 23.1 Å². The lowest BCUT2D eigenvalue weighted by Crippen LogP contribution is -2.19. The molecule has 0 amide bonds. The number of hydrogen-bond acceptors (Lipinski definition) is 7. The van der Waals surface area contributed by atoms with Crippen LogP contribution in [0.3, 0.4) is 0 Å². The van der Waals surface area contributed by atoms with Crippen LogP contribution in [0.25, 0.3) is 0 Å². The van der Waals surface area contributed by atoms with Gasteiger partial charge < -0.3 is 20.1 Å². The van der Waals surface area contributed by atoms with E-state index >= 15 is 0 Å². The third-order valence-electron chi connectivity index (χ3n) is 6.14. The summed E-state index contributed by atoms with van der Waals surface area (Å²) in [5, 5.41) is 31.4. The summed E-state index contributed by atoms with van der Waals surface area (Å²) in [5.41, 5.74) is -1.87. The number of carboxylic acid groups (broad SMARTS) is 1. The number of rotatable bonds is 19. The van der Waals surface area contributed by atoms with E-state index in [4.69, 9.17) is 4.74 Å². The summed E-state index contributed by atoms with van der Waals surface area (Å²) in [7, 11) is 0. The fraction of sp³-hybridized carbons (Fsp3) is 0.643. The summed E-state index contributed by atoms with van der Waals surface area (Å²) in [4.78, 5) is 51.0. The Morgan fingerprint density at radius 3 is 1.47 bits per heavy atom. The highest BCUT2D eigenvalue weighted by molar-refractivity contribution is 6.17. The second-order valence-corrected chi connectivity index (χ2v) is 9.21. The minimum atomic E-state index is -1.61. The van der Waals surface area contributed by atoms with Gasteiger partial charge in [-0.3, -0.25) is 14.4 Å². The number of benzene rings is 1. The van der Waals surface area contributed by atoms with E-state index in [1.807, 2.05) is 20.8 Å². The van der Waals surface area contributed by atoms with Crippen LogP contribution < -0.4 is 4.74 Å². The zero-order chi connectivity index (χ0) is 27.1. The molecule has 0 spiro atoms. The second-order valence-electron chi connectivity index (χ2n) is 9.21. The quantitative estimate of drug-likeness (QED) is 0.0600. The number of ether oxygens (including phenoxy) is 1. The Bertz CT molecular complexity index is 904. The van der Waals surface area contributed by atoms with Gasteiger partial charge in [0.1, 0.15) is 0 Å². The number of Topliss-reactive ketones (excluding diaryl/α,β-unsaturated/α-hetero) is 2. The van der Waals surface area contributed by atoms with Crippen molar-refractivity contribution in [2.75, 3.05) is 0 Å². The second kappa shape index (κ2) is 16.7. The van der Waals surface area contributed by atoms with Gasteiger partial charge in [-0.2, -0.15) is 0 Å². The van der Waals surface area contributed by atoms with E-state index in [9.17, 15) is 34.5 Å². The first kappa shape index (κ1) is 31.1. The molecule has 0 fully saturated rings. The first-order valence-corrected chi connectivity index (χ1v) is 13.3. The molecule has 0 bridgehead atoms. The van der Waals surface area contributed by atoms with Crippen LogP contribution in [0.1, 0.15) is 148 Å². The van der Waals surface area contributed by atoms with Crippen LogP contribution in [-0.2, 0) is 4.79 Å². The largest absolute Gasteiger partial charge is 0.504 e. The molecule has 0 aliphatic rings. The van der Waals surface area contributed by atoms with Crippen LogP contribution in [-0.4, -0.2) is 38.8 Å². The molecule has 1 aromatic carbocycles. The lowest BCUT2D eigenvalue weighted by atomic mass is 9.89. The number of hydrogen-bond donors (Lipinski definition) is 3. The average Bonchev–Trinajstić information content (AvgIpc) is 2.84. The van der Waals surface area contributed by atoms with E-state index < -0.39 is 57.4 Å². The molecule has 8 nitrogen and oxygen atoms in total. The third kappa shape index (κ3) is 9.28. The molecule has 0 saturated heterocycles. The highest BCUT2D eigenvalue weighted by Crippen LogP contribution is 2.45. The number of esters is 1. The molecular weight excluding hydrogens is 464 g/mol. The molecule has 8 heteroatoms. The van der Waals surface area contributed by atoms with E-state index in [2.05, 4.69) is 0 Å². The Kier molecular flexibility index (Phi) is 14.5. The van der Waals surface area contributed by atoms with Gasteiger partial charge in [-0.25, -0.2) is 4.79 Å². The average molecular weight is 507 g/mol. The zero-order valence-corrected chi connectivity index (χ0v) is 22.0. The fourth-order valence-electron chi connectivity index (χ4n) is 4.09. The molecule has 0 atom stereocenters. The molecule has 1 rings (SSSR count). The molecule has 202 valence electrons. The van der Waals surface area contributed by atoms with Gasteiger partial charge in [-0.05, 0) is 19.3 Å². The molecule has 0 aliphatic carbocycles. The predicted molar refractivity (Wildman–Crippen MR) is 137 cm³/mol. The number of phenols is 2. The van der Waals surface area contributed by atoms with E-state index in [1.54, 1.807) is 0 Å². The monoisotopic (exact) mass is 506 g/mol. The lowest BCUT2D eigenvalue weighted by molar-refractivity contribution is -0.134. The Morgan fingerprint density at radius 2 is 1.03 bits per heavy atom. The number of ketones is 2. The highest BCUT2D eigenvalue weighted by atomic mass is 16.5. The van der Waals surface area contributed by atoms with Crippen molar-refractivity contribution >= 4 is 23.5 Å². The van der Waals surface area contributed by atoms with E-state index in [1.165, 1.54) is 0 Å². The van der Waals surface area contributed by atoms with Crippen molar-refractivity contribution in [3.8, 4) is 17.2 Å². The SMILES string of the molecule is CCCCCCC(=O)Oc1c(O)c(O)c(C(=O)CCCCCC)c(C(=O)O)c1C(=O)CCCCCC. The van der Waals surface area contributed by atoms with Gasteiger partial charge in [-0.1, -0.05) is 78.6 Å². The number of aromatic carboxylic acids is 1. The molecule has 0 aliphatic heterocycles. The summed E-state index contributed by atoms with van der Waals surface area (Å²) >= 11 is 0. The van der Waals surface area contributed by atoms with Crippen molar-refractivity contribution in [3.63, 3.8) is 0 Å². The maximum absolute atomic E-state index is 13.2. The number of carbonyl (C=O) groups excluding carboxylic acids is 3. The van der Waals surface area contributed by atoms with Gasteiger partial charge in [0.05, 0.1) is 16.7 Å². The molecular formula is C28H42O8. The van der Waals surface area contributed by atoms with Gasteiger partial charge in [0, 0.05) is 19.3 Å². The van der Waals surface area contributed by atoms with Gasteiger partial charge in [0.2, 0.25) is 5.75 Å². The molecule has 0 radical (unpaired) electrons. The first-order chi connectivity index (χ1) is 17.2. The topological polar surface area (TPSA) is 138 Å². The Labute approximate surface area is 214 Å². The number of aromatic hydroxyl groups is 2. The highest BCUT2D eigenvalue weighted by Gasteiger charge is 2.35. The van der Waals surface area contributed by atoms with Gasteiger partial charge in [0.25, 0.3) is 0 Å². The molecule has 36 heavy (non-hydrogen) atoms. The minimum Gasteiger partial charge on any atom is -0.504 e. The van der Waals surface area contributed by atoms with Crippen molar-refractivity contribution in [2.24, 2.45) is 0 Å². The number of phenolic OH excluding ortho intramolecular Hbond substituents is 2. The zero-order valence-electron chi connectivity index (χ0n) is 22.0. The van der Waals surface area contributed by atoms with E-state index in [0.29, 0.717) is 19.3 Å². The summed E-state index contributed by atoms with van der Waals surface area (Å²) in [6, 6.07) is 0. The Balaban J connectivity index is 3.50. The Morgan fingerprint density at radius 1 is 0.583 bits per heavy atom. The molecule has 0 aromatic heterocycles. The third-order valence-corrected chi connectivity index (χ3v) is 6.14. The number of unbranched alkanes of at least 4 members (excludes halogenated alkanes) is 9. The lowest BCUT2D eigenvalue weighted by Gasteiger charge is -2.18. The van der Waals surface area contributed by atoms with E-state index in [0.717, 1.165) is 57.8 Å². The molecule has 1 aromatic rings. The predicted octanol–water partition coefficient (Wildman–Crippen LogP) is 6.98. The maximum Gasteiger partial charge on any atom is 0.337 e. The smallest absolute Gasteiger partial charge is 0.337 e. The van der Waals surface area contributed by atoms with Crippen LogP contribution >= 0.6 is 0 Å². The number of carboxylic acids is 1. The normalized spacial score (nSPS) is 10.9.